The van der Waals surface area contributed by atoms with Gasteiger partial charge in [0.25, 0.3) is 0 Å². The van der Waals surface area contributed by atoms with E-state index in [1.165, 1.54) is 5.57 Å². The van der Waals surface area contributed by atoms with E-state index in [0.29, 0.717) is 48.2 Å². The number of carbonyl (C=O) groups excluding carboxylic acids is 2. The van der Waals surface area contributed by atoms with Crippen molar-refractivity contribution in [3.8, 4) is 11.5 Å². The van der Waals surface area contributed by atoms with Crippen LogP contribution in [-0.2, 0) is 25.5 Å². The van der Waals surface area contributed by atoms with Gasteiger partial charge in [-0.05, 0) is 123 Å². The topological polar surface area (TPSA) is 120 Å². The largest absolute Gasteiger partial charge is 0.481 e. The summed E-state index contributed by atoms with van der Waals surface area (Å²) in [5.74, 6) is 1.44. The minimum atomic E-state index is -1.16. The second kappa shape index (κ2) is 12.4. The molecule has 8 nitrogen and oxygen atoms in total. The number of rotatable bonds is 8. The van der Waals surface area contributed by atoms with Crippen LogP contribution in [0.15, 0.2) is 45.9 Å². The van der Waals surface area contributed by atoms with Crippen LogP contribution in [0.3, 0.4) is 0 Å². The minimum Gasteiger partial charge on any atom is -0.481 e. The van der Waals surface area contributed by atoms with Gasteiger partial charge in [-0.1, -0.05) is 72.2 Å². The molecular formula is C44H60N2O6. The Kier molecular flexibility index (Phi) is 8.82. The minimum absolute atomic E-state index is 0.0351. The van der Waals surface area contributed by atoms with Gasteiger partial charge >= 0.3 is 11.9 Å². The Morgan fingerprint density at radius 2 is 1.63 bits per heavy atom. The number of ether oxygens (including phenoxy) is 1. The molecule has 1 N–H and O–H groups in total. The molecule has 0 unspecified atom stereocenters. The highest BCUT2D eigenvalue weighted by molar-refractivity contribution is 6.00. The third-order valence-corrected chi connectivity index (χ3v) is 15.9. The maximum absolute atomic E-state index is 14.1. The SMILES string of the molecule is CC(C)C1=C2[C@H]3CC[C@@H]4[C@@]5(C)CC[C@H](OC(=O)CC(C)(C)C(=O)O)C(C)(C)[C@@H]5CC[C@@]4(C)[C@]3(C)CC[C@@]2(Cc2nnc(-c3ccccc3)o2)CC1=O. The lowest BCUT2D eigenvalue weighted by Gasteiger charge is -2.72. The Bertz CT molecular complexity index is 1790. The number of fused-ring (bicyclic) bond motifs is 7. The van der Waals surface area contributed by atoms with Crippen molar-refractivity contribution < 1.29 is 28.6 Å². The lowest BCUT2D eigenvalue weighted by Crippen LogP contribution is -2.65. The highest BCUT2D eigenvalue weighted by Gasteiger charge is 2.70. The van der Waals surface area contributed by atoms with Gasteiger partial charge in [-0.3, -0.25) is 14.4 Å². The number of nitrogens with zero attached hydrogens (tertiary/aromatic N) is 2. The number of ketones is 1. The monoisotopic (exact) mass is 712 g/mol. The number of esters is 1. The number of benzene rings is 1. The third kappa shape index (κ3) is 5.46. The van der Waals surface area contributed by atoms with Gasteiger partial charge in [0.2, 0.25) is 11.8 Å². The van der Waals surface area contributed by atoms with Gasteiger partial charge in [0, 0.05) is 29.2 Å². The molecule has 0 spiro atoms. The molecule has 8 heteroatoms. The normalized spacial score (nSPS) is 36.8. The smallest absolute Gasteiger partial charge is 0.309 e. The lowest BCUT2D eigenvalue weighted by atomic mass is 9.33. The maximum atomic E-state index is 14.1. The molecule has 4 fully saturated rings. The van der Waals surface area contributed by atoms with Crippen molar-refractivity contribution in [2.45, 2.75) is 139 Å². The molecule has 0 aliphatic heterocycles. The number of carbonyl (C=O) groups is 3. The molecule has 4 saturated carbocycles. The number of carboxylic acids is 1. The summed E-state index contributed by atoms with van der Waals surface area (Å²) < 4.78 is 12.5. The molecule has 8 atom stereocenters. The van der Waals surface area contributed by atoms with Crippen LogP contribution in [0, 0.1) is 56.2 Å². The van der Waals surface area contributed by atoms with Crippen LogP contribution in [0.5, 0.6) is 0 Å². The van der Waals surface area contributed by atoms with Crippen LogP contribution in [0.1, 0.15) is 132 Å². The van der Waals surface area contributed by atoms with E-state index in [1.807, 2.05) is 30.3 Å². The van der Waals surface area contributed by atoms with Crippen molar-refractivity contribution in [2.24, 2.45) is 56.2 Å². The van der Waals surface area contributed by atoms with Gasteiger partial charge in [-0.25, -0.2) is 0 Å². The first-order valence-electron chi connectivity index (χ1n) is 19.9. The first-order chi connectivity index (χ1) is 24.3. The Hall–Kier alpha value is -3.29. The Morgan fingerprint density at radius 3 is 2.31 bits per heavy atom. The molecule has 282 valence electrons. The number of aromatic nitrogens is 2. The first kappa shape index (κ1) is 37.0. The molecule has 0 bridgehead atoms. The molecule has 5 aliphatic carbocycles. The summed E-state index contributed by atoms with van der Waals surface area (Å²) in [6, 6.07) is 9.90. The van der Waals surface area contributed by atoms with Crippen molar-refractivity contribution in [3.63, 3.8) is 0 Å². The molecule has 7 rings (SSSR count). The van der Waals surface area contributed by atoms with E-state index in [1.54, 1.807) is 13.8 Å². The van der Waals surface area contributed by atoms with Gasteiger partial charge < -0.3 is 14.3 Å². The summed E-state index contributed by atoms with van der Waals surface area (Å²) in [6.07, 6.45) is 8.94. The number of carboxylic acid groups (broad SMARTS) is 1. The summed E-state index contributed by atoms with van der Waals surface area (Å²) >= 11 is 0. The van der Waals surface area contributed by atoms with Gasteiger partial charge in [-0.2, -0.15) is 0 Å². The zero-order valence-corrected chi connectivity index (χ0v) is 32.9. The number of aliphatic carboxylic acids is 1. The summed E-state index contributed by atoms with van der Waals surface area (Å²) in [5.41, 5.74) is 1.91. The van der Waals surface area contributed by atoms with Crippen molar-refractivity contribution >= 4 is 17.7 Å². The summed E-state index contributed by atoms with van der Waals surface area (Å²) in [7, 11) is 0. The fourth-order valence-electron chi connectivity index (χ4n) is 13.1. The molecule has 1 aromatic heterocycles. The van der Waals surface area contributed by atoms with Crippen LogP contribution >= 0.6 is 0 Å². The molecule has 0 radical (unpaired) electrons. The summed E-state index contributed by atoms with van der Waals surface area (Å²) in [4.78, 5) is 38.9. The molecule has 0 saturated heterocycles. The van der Waals surface area contributed by atoms with Gasteiger partial charge in [-0.15, -0.1) is 10.2 Å². The second-order valence-corrected chi connectivity index (χ2v) is 19.7. The van der Waals surface area contributed by atoms with Gasteiger partial charge in [0.1, 0.15) is 6.10 Å². The van der Waals surface area contributed by atoms with E-state index < -0.39 is 17.4 Å². The van der Waals surface area contributed by atoms with E-state index in [0.717, 1.165) is 62.5 Å². The lowest BCUT2D eigenvalue weighted by molar-refractivity contribution is -0.233. The van der Waals surface area contributed by atoms with E-state index >= 15 is 0 Å². The maximum Gasteiger partial charge on any atom is 0.309 e. The van der Waals surface area contributed by atoms with Crippen molar-refractivity contribution in [3.05, 3.63) is 47.4 Å². The fourth-order valence-corrected chi connectivity index (χ4v) is 13.1. The van der Waals surface area contributed by atoms with Crippen LogP contribution < -0.4 is 0 Å². The standard InChI is InChI=1S/C44H60N2O6/c1-26(2)35-29(47)23-44(24-33-45-46-37(52-33)27-13-11-10-12-14-27)22-21-42(8)28(36(35)44)15-16-31-41(7)19-18-32(51-34(48)25-39(3,4)38(49)50)40(5,6)30(41)17-20-43(31,42)9/h10-14,26,28,30-32H,15-25H2,1-9H3,(H,49,50)/t28-,30+,31-,32+,41+,42-,43-,44+/m1/s1. The van der Waals surface area contributed by atoms with Crippen LogP contribution in [0.25, 0.3) is 11.5 Å². The van der Waals surface area contributed by atoms with Crippen molar-refractivity contribution in [2.75, 3.05) is 0 Å². The Morgan fingerprint density at radius 1 is 0.923 bits per heavy atom. The zero-order chi connectivity index (χ0) is 37.6. The van der Waals surface area contributed by atoms with Crippen LogP contribution in [-0.4, -0.2) is 39.1 Å². The van der Waals surface area contributed by atoms with E-state index in [2.05, 4.69) is 58.7 Å². The zero-order valence-electron chi connectivity index (χ0n) is 32.9. The number of hydrogen-bond acceptors (Lipinski definition) is 7. The molecule has 2 aromatic rings. The number of hydrogen-bond donors (Lipinski definition) is 1. The quantitative estimate of drug-likeness (QED) is 0.269. The van der Waals surface area contributed by atoms with Crippen molar-refractivity contribution in [1.82, 2.24) is 10.2 Å². The molecule has 5 aliphatic rings. The average molecular weight is 713 g/mol. The fraction of sp³-hybridized carbons (Fsp3) is 0.705. The highest BCUT2D eigenvalue weighted by Crippen LogP contribution is 2.77. The molecule has 0 amide bonds. The molecule has 52 heavy (non-hydrogen) atoms. The van der Waals surface area contributed by atoms with E-state index in [-0.39, 0.29) is 45.5 Å². The van der Waals surface area contributed by atoms with Crippen LogP contribution in [0.2, 0.25) is 0 Å². The van der Waals surface area contributed by atoms with E-state index in [4.69, 9.17) is 9.15 Å². The van der Waals surface area contributed by atoms with Crippen LogP contribution in [0.4, 0.5) is 0 Å². The number of Topliss-reactive ketones (excluding diaryl/α,β-unsaturated/α-hetero) is 1. The molecular weight excluding hydrogens is 652 g/mol. The molecule has 1 aromatic carbocycles. The van der Waals surface area contributed by atoms with Gasteiger partial charge in [0.15, 0.2) is 5.78 Å². The number of allylic oxidation sites excluding steroid dienone is 2. The summed E-state index contributed by atoms with van der Waals surface area (Å²) in [5, 5.41) is 18.6. The van der Waals surface area contributed by atoms with E-state index in [9.17, 15) is 19.5 Å². The Labute approximate surface area is 310 Å². The first-order valence-corrected chi connectivity index (χ1v) is 19.9. The third-order valence-electron chi connectivity index (χ3n) is 15.9. The molecule has 1 heterocycles. The second-order valence-electron chi connectivity index (χ2n) is 19.7. The van der Waals surface area contributed by atoms with Gasteiger partial charge in [0.05, 0.1) is 11.8 Å². The Balaban J connectivity index is 1.18. The predicted octanol–water partition coefficient (Wildman–Crippen LogP) is 9.67. The highest BCUT2D eigenvalue weighted by atomic mass is 16.5. The predicted molar refractivity (Wildman–Crippen MR) is 199 cm³/mol. The average Bonchev–Trinajstić information content (AvgIpc) is 3.64. The summed E-state index contributed by atoms with van der Waals surface area (Å²) in [6.45, 7) is 19.8. The van der Waals surface area contributed by atoms with Crippen molar-refractivity contribution in [1.29, 1.82) is 0 Å².